The molecule has 0 heterocycles. The van der Waals surface area contributed by atoms with Crippen LogP contribution in [-0.4, -0.2) is 24.4 Å². The zero-order valence-electron chi connectivity index (χ0n) is 7.87. The third-order valence-electron chi connectivity index (χ3n) is 1.65. The molecular formula is C9H11FN2O3. The summed E-state index contributed by atoms with van der Waals surface area (Å²) in [4.78, 5) is 10.1. The van der Waals surface area contributed by atoms with Gasteiger partial charge >= 0.3 is 6.09 Å². The second kappa shape index (κ2) is 5.04. The molecule has 0 atom stereocenters. The van der Waals surface area contributed by atoms with Crippen molar-refractivity contribution in [3.05, 3.63) is 24.0 Å². The van der Waals surface area contributed by atoms with Crippen LogP contribution in [0.25, 0.3) is 0 Å². The van der Waals surface area contributed by atoms with E-state index in [0.717, 1.165) is 0 Å². The molecule has 0 bridgehead atoms. The molecule has 1 rings (SSSR count). The Hall–Kier alpha value is -1.98. The number of para-hydroxylation sites is 1. The SMILES string of the molecule is Nc1c(F)cccc1OCCNC(=O)O. The number of carboxylic acid groups (broad SMARTS) is 1. The van der Waals surface area contributed by atoms with Gasteiger partial charge in [0.15, 0.2) is 0 Å². The average Bonchev–Trinajstić information content (AvgIpc) is 2.18. The number of halogens is 1. The lowest BCUT2D eigenvalue weighted by molar-refractivity contribution is 0.191. The number of benzene rings is 1. The van der Waals surface area contributed by atoms with Crippen LogP contribution in [0.3, 0.4) is 0 Å². The Bertz CT molecular complexity index is 357. The molecule has 1 aromatic carbocycles. The van der Waals surface area contributed by atoms with E-state index in [1.165, 1.54) is 18.2 Å². The standard InChI is InChI=1S/C9H11FN2O3/c10-6-2-1-3-7(8(6)11)15-5-4-12-9(13)14/h1-3,12H,4-5,11H2,(H,13,14). The lowest BCUT2D eigenvalue weighted by Crippen LogP contribution is -2.26. The summed E-state index contributed by atoms with van der Waals surface area (Å²) in [6.07, 6.45) is -1.13. The maximum absolute atomic E-state index is 12.9. The summed E-state index contributed by atoms with van der Waals surface area (Å²) in [7, 11) is 0. The minimum Gasteiger partial charge on any atom is -0.489 e. The molecule has 4 N–H and O–H groups in total. The number of nitrogen functional groups attached to an aromatic ring is 1. The number of carbonyl (C=O) groups is 1. The van der Waals surface area contributed by atoms with E-state index >= 15 is 0 Å². The van der Waals surface area contributed by atoms with Gasteiger partial charge in [-0.3, -0.25) is 0 Å². The molecule has 15 heavy (non-hydrogen) atoms. The smallest absolute Gasteiger partial charge is 0.404 e. The second-order valence-corrected chi connectivity index (χ2v) is 2.73. The lowest BCUT2D eigenvalue weighted by atomic mass is 10.3. The molecule has 1 amide bonds. The first-order chi connectivity index (χ1) is 7.11. The van der Waals surface area contributed by atoms with Crippen LogP contribution in [0, 0.1) is 5.82 Å². The molecule has 0 aliphatic carbocycles. The summed E-state index contributed by atoms with van der Waals surface area (Å²) in [6, 6.07) is 4.20. The van der Waals surface area contributed by atoms with Crippen molar-refractivity contribution in [2.24, 2.45) is 0 Å². The molecule has 0 aliphatic rings. The monoisotopic (exact) mass is 214 g/mol. The molecule has 0 aromatic heterocycles. The molecule has 6 heteroatoms. The molecule has 0 fully saturated rings. The first-order valence-corrected chi connectivity index (χ1v) is 4.25. The Kier molecular flexibility index (Phi) is 3.73. The van der Waals surface area contributed by atoms with E-state index < -0.39 is 11.9 Å². The number of nitrogens with two attached hydrogens (primary N) is 1. The number of hydrogen-bond acceptors (Lipinski definition) is 3. The van der Waals surface area contributed by atoms with Crippen LogP contribution < -0.4 is 15.8 Å². The molecular weight excluding hydrogens is 203 g/mol. The van der Waals surface area contributed by atoms with E-state index in [2.05, 4.69) is 5.32 Å². The van der Waals surface area contributed by atoms with Crippen LogP contribution in [0.2, 0.25) is 0 Å². The zero-order valence-corrected chi connectivity index (χ0v) is 7.87. The predicted molar refractivity (Wildman–Crippen MR) is 52.3 cm³/mol. The molecule has 0 radical (unpaired) electrons. The van der Waals surface area contributed by atoms with Gasteiger partial charge in [-0.15, -0.1) is 0 Å². The molecule has 0 saturated carbocycles. The zero-order chi connectivity index (χ0) is 11.3. The fourth-order valence-electron chi connectivity index (χ4n) is 0.962. The molecule has 5 nitrogen and oxygen atoms in total. The maximum Gasteiger partial charge on any atom is 0.404 e. The third kappa shape index (κ3) is 3.34. The van der Waals surface area contributed by atoms with Gasteiger partial charge in [-0.05, 0) is 12.1 Å². The van der Waals surface area contributed by atoms with Crippen molar-refractivity contribution in [1.82, 2.24) is 5.32 Å². The van der Waals surface area contributed by atoms with Crippen molar-refractivity contribution < 1.29 is 19.0 Å². The van der Waals surface area contributed by atoms with E-state index in [9.17, 15) is 9.18 Å². The van der Waals surface area contributed by atoms with Gasteiger partial charge in [0, 0.05) is 0 Å². The third-order valence-corrected chi connectivity index (χ3v) is 1.65. The first-order valence-electron chi connectivity index (χ1n) is 4.25. The van der Waals surface area contributed by atoms with Crippen LogP contribution in [0.5, 0.6) is 5.75 Å². The molecule has 0 aliphatic heterocycles. The molecule has 0 saturated heterocycles. The molecule has 1 aromatic rings. The van der Waals surface area contributed by atoms with E-state index in [0.29, 0.717) is 0 Å². The van der Waals surface area contributed by atoms with E-state index in [-0.39, 0.29) is 24.6 Å². The number of hydrogen-bond donors (Lipinski definition) is 3. The van der Waals surface area contributed by atoms with Crippen molar-refractivity contribution >= 4 is 11.8 Å². The highest BCUT2D eigenvalue weighted by Crippen LogP contribution is 2.23. The van der Waals surface area contributed by atoms with Crippen molar-refractivity contribution in [2.45, 2.75) is 0 Å². The summed E-state index contributed by atoms with van der Waals surface area (Å²) in [5.74, 6) is -0.346. The van der Waals surface area contributed by atoms with Crippen LogP contribution in [0.1, 0.15) is 0 Å². The highest BCUT2D eigenvalue weighted by atomic mass is 19.1. The lowest BCUT2D eigenvalue weighted by Gasteiger charge is -2.08. The van der Waals surface area contributed by atoms with E-state index in [4.69, 9.17) is 15.6 Å². The Labute approximate surface area is 85.7 Å². The normalized spacial score (nSPS) is 9.67. The maximum atomic E-state index is 12.9. The van der Waals surface area contributed by atoms with Crippen LogP contribution >= 0.6 is 0 Å². The van der Waals surface area contributed by atoms with Gasteiger partial charge < -0.3 is 20.9 Å². The summed E-state index contributed by atoms with van der Waals surface area (Å²) in [5, 5.41) is 10.4. The highest BCUT2D eigenvalue weighted by molar-refractivity contribution is 5.64. The molecule has 82 valence electrons. The Morgan fingerprint density at radius 3 is 3.00 bits per heavy atom. The number of rotatable bonds is 4. The van der Waals surface area contributed by atoms with E-state index in [1.54, 1.807) is 0 Å². The van der Waals surface area contributed by atoms with Gasteiger partial charge in [-0.25, -0.2) is 9.18 Å². The predicted octanol–water partition coefficient (Wildman–Crippen LogP) is 1.05. The second-order valence-electron chi connectivity index (χ2n) is 2.73. The van der Waals surface area contributed by atoms with Crippen molar-refractivity contribution in [3.63, 3.8) is 0 Å². The number of nitrogens with one attached hydrogen (secondary N) is 1. The minimum absolute atomic E-state index is 0.0761. The van der Waals surface area contributed by atoms with Gasteiger partial charge in [-0.2, -0.15) is 0 Å². The van der Waals surface area contributed by atoms with Gasteiger partial charge in [0.1, 0.15) is 23.9 Å². The number of amides is 1. The van der Waals surface area contributed by atoms with Crippen molar-refractivity contribution in [2.75, 3.05) is 18.9 Å². The topological polar surface area (TPSA) is 84.6 Å². The van der Waals surface area contributed by atoms with Gasteiger partial charge in [0.25, 0.3) is 0 Å². The fraction of sp³-hybridized carbons (Fsp3) is 0.222. The molecule has 0 spiro atoms. The van der Waals surface area contributed by atoms with Crippen LogP contribution in [0.15, 0.2) is 18.2 Å². The Morgan fingerprint density at radius 1 is 1.60 bits per heavy atom. The summed E-state index contributed by atoms with van der Waals surface area (Å²) in [6.45, 7) is 0.214. The highest BCUT2D eigenvalue weighted by Gasteiger charge is 2.04. The van der Waals surface area contributed by atoms with Gasteiger partial charge in [0.05, 0.1) is 6.54 Å². The number of ether oxygens (including phenoxy) is 1. The fourth-order valence-corrected chi connectivity index (χ4v) is 0.962. The molecule has 0 unspecified atom stereocenters. The van der Waals surface area contributed by atoms with Gasteiger partial charge in [0.2, 0.25) is 0 Å². The van der Waals surface area contributed by atoms with Crippen molar-refractivity contribution in [1.29, 1.82) is 0 Å². The Morgan fingerprint density at radius 2 is 2.33 bits per heavy atom. The summed E-state index contributed by atoms with van der Waals surface area (Å²) in [5.41, 5.74) is 5.31. The first kappa shape index (κ1) is 11.1. The minimum atomic E-state index is -1.13. The number of anilines is 1. The van der Waals surface area contributed by atoms with Crippen LogP contribution in [0.4, 0.5) is 14.9 Å². The quantitative estimate of drug-likeness (QED) is 0.516. The van der Waals surface area contributed by atoms with Crippen molar-refractivity contribution in [3.8, 4) is 5.75 Å². The summed E-state index contributed by atoms with van der Waals surface area (Å²) >= 11 is 0. The summed E-state index contributed by atoms with van der Waals surface area (Å²) < 4.78 is 18.0. The van der Waals surface area contributed by atoms with E-state index in [1.807, 2.05) is 0 Å². The Balaban J connectivity index is 2.44. The van der Waals surface area contributed by atoms with Crippen LogP contribution in [-0.2, 0) is 0 Å². The largest absolute Gasteiger partial charge is 0.489 e. The average molecular weight is 214 g/mol. The van der Waals surface area contributed by atoms with Gasteiger partial charge in [-0.1, -0.05) is 6.07 Å².